The third-order valence-corrected chi connectivity index (χ3v) is 6.02. The number of nitrogens with two attached hydrogens (primary N) is 1. The number of aryl methyl sites for hydroxylation is 1. The van der Waals surface area contributed by atoms with Gasteiger partial charge in [0.05, 0.1) is 6.04 Å². The van der Waals surface area contributed by atoms with E-state index in [0.717, 1.165) is 16.9 Å². The first-order valence-corrected chi connectivity index (χ1v) is 10.9. The summed E-state index contributed by atoms with van der Waals surface area (Å²) in [6, 6.07) is 3.80. The molecule has 0 saturated carbocycles. The van der Waals surface area contributed by atoms with E-state index >= 15 is 0 Å². The minimum absolute atomic E-state index is 0.0534. The fourth-order valence-electron chi connectivity index (χ4n) is 4.58. The molecule has 172 valence electrons. The minimum Gasteiger partial charge on any atom is -0.382 e. The molecule has 0 aromatic carbocycles. The van der Waals surface area contributed by atoms with Crippen LogP contribution in [0.25, 0.3) is 5.52 Å². The molecule has 33 heavy (non-hydrogen) atoms. The lowest BCUT2D eigenvalue weighted by atomic mass is 10.1. The van der Waals surface area contributed by atoms with Gasteiger partial charge in [0.2, 0.25) is 5.91 Å². The Morgan fingerprint density at radius 1 is 1.30 bits per heavy atom. The van der Waals surface area contributed by atoms with E-state index < -0.39 is 0 Å². The number of rotatable bonds is 4. The Kier molecular flexibility index (Phi) is 5.76. The van der Waals surface area contributed by atoms with Crippen LogP contribution in [0.3, 0.4) is 0 Å². The van der Waals surface area contributed by atoms with Gasteiger partial charge < -0.3 is 20.9 Å². The topological polar surface area (TPSA) is 141 Å². The Morgan fingerprint density at radius 2 is 2.00 bits per heavy atom. The maximum atomic E-state index is 12.1. The van der Waals surface area contributed by atoms with Crippen molar-refractivity contribution < 1.29 is 4.79 Å². The average Bonchev–Trinajstić information content (AvgIpc) is 3.13. The van der Waals surface area contributed by atoms with Crippen molar-refractivity contribution in [2.24, 2.45) is 0 Å². The fraction of sp³-hybridized carbons (Fsp3) is 0.455. The normalized spacial score (nSPS) is 19.4. The summed E-state index contributed by atoms with van der Waals surface area (Å²) >= 11 is 0. The van der Waals surface area contributed by atoms with Crippen LogP contribution in [0, 0.1) is 18.3 Å². The molecule has 3 N–H and O–H groups in total. The van der Waals surface area contributed by atoms with Gasteiger partial charge in [-0.25, -0.2) is 19.5 Å². The highest BCUT2D eigenvalue weighted by Gasteiger charge is 2.33. The fourth-order valence-corrected chi connectivity index (χ4v) is 4.58. The van der Waals surface area contributed by atoms with Crippen LogP contribution in [-0.2, 0) is 4.79 Å². The molecule has 1 saturated heterocycles. The van der Waals surface area contributed by atoms with Crippen molar-refractivity contribution in [3.8, 4) is 6.07 Å². The third kappa shape index (κ3) is 4.00. The number of fused-ring (bicyclic) bond motifs is 1. The molecule has 3 atom stereocenters. The molecule has 1 fully saturated rings. The average molecular weight is 449 g/mol. The summed E-state index contributed by atoms with van der Waals surface area (Å²) < 4.78 is 1.83. The number of nitrogens with zero attached hydrogens (tertiary/aromatic N) is 8. The van der Waals surface area contributed by atoms with Crippen molar-refractivity contribution in [3.63, 3.8) is 0 Å². The summed E-state index contributed by atoms with van der Waals surface area (Å²) in [6.07, 6.45) is 3.22. The number of hydrogen-bond acceptors (Lipinski definition) is 9. The number of hydrogen-bond donors (Lipinski definition) is 2. The largest absolute Gasteiger partial charge is 0.382 e. The van der Waals surface area contributed by atoms with Crippen LogP contribution in [0.15, 0.2) is 18.6 Å². The van der Waals surface area contributed by atoms with Gasteiger partial charge in [-0.1, -0.05) is 0 Å². The molecule has 0 bridgehead atoms. The summed E-state index contributed by atoms with van der Waals surface area (Å²) in [4.78, 5) is 29.2. The zero-order valence-corrected chi connectivity index (χ0v) is 19.4. The quantitative estimate of drug-likeness (QED) is 0.612. The van der Waals surface area contributed by atoms with Crippen LogP contribution in [0.4, 0.5) is 17.5 Å². The summed E-state index contributed by atoms with van der Waals surface area (Å²) in [5, 5.41) is 17.3. The number of nitrogen functional groups attached to an aromatic ring is 1. The van der Waals surface area contributed by atoms with Gasteiger partial charge >= 0.3 is 0 Å². The standard InChI is InChI=1S/C22H28N10O/c1-12-6-7-31-18(12)22(30-9-13(2)32(16(5)33)14(3)10-30)28-20(29-31)15(4)27-21-17(8-23)19(24)25-11-26-21/h6-7,11,13-15H,9-10H2,1-5H3,(H3,24,25,26,27)/t13-,14+,15-/m0/s1. The van der Waals surface area contributed by atoms with Crippen molar-refractivity contribution >= 4 is 28.9 Å². The zero-order valence-electron chi connectivity index (χ0n) is 19.4. The van der Waals surface area contributed by atoms with E-state index in [1.807, 2.05) is 41.6 Å². The van der Waals surface area contributed by atoms with Gasteiger partial charge in [0.1, 0.15) is 35.1 Å². The van der Waals surface area contributed by atoms with E-state index in [2.05, 4.69) is 34.0 Å². The smallest absolute Gasteiger partial charge is 0.220 e. The number of amides is 1. The second-order valence-corrected chi connectivity index (χ2v) is 8.58. The summed E-state index contributed by atoms with van der Waals surface area (Å²) in [7, 11) is 0. The van der Waals surface area contributed by atoms with Crippen molar-refractivity contribution in [1.82, 2.24) is 29.5 Å². The molecule has 0 unspecified atom stereocenters. The number of nitrogens with one attached hydrogen (secondary N) is 1. The van der Waals surface area contributed by atoms with E-state index in [9.17, 15) is 10.1 Å². The van der Waals surface area contributed by atoms with E-state index in [4.69, 9.17) is 15.8 Å². The van der Waals surface area contributed by atoms with Crippen molar-refractivity contribution in [1.29, 1.82) is 5.26 Å². The Morgan fingerprint density at radius 3 is 2.64 bits per heavy atom. The third-order valence-electron chi connectivity index (χ3n) is 6.02. The Balaban J connectivity index is 1.72. The van der Waals surface area contributed by atoms with E-state index in [-0.39, 0.29) is 35.4 Å². The lowest BCUT2D eigenvalue weighted by Crippen LogP contribution is -2.58. The first-order valence-electron chi connectivity index (χ1n) is 10.9. The molecule has 1 aliphatic rings. The van der Waals surface area contributed by atoms with Crippen molar-refractivity contribution in [2.45, 2.75) is 52.7 Å². The monoisotopic (exact) mass is 448 g/mol. The van der Waals surface area contributed by atoms with Crippen LogP contribution in [0.1, 0.15) is 50.7 Å². The predicted octanol–water partition coefficient (Wildman–Crippen LogP) is 1.90. The Hall–Kier alpha value is -3.94. The zero-order chi connectivity index (χ0) is 23.9. The van der Waals surface area contributed by atoms with Gasteiger partial charge in [-0.3, -0.25) is 4.79 Å². The first-order chi connectivity index (χ1) is 15.7. The lowest BCUT2D eigenvalue weighted by Gasteiger charge is -2.44. The highest BCUT2D eigenvalue weighted by Crippen LogP contribution is 2.29. The maximum Gasteiger partial charge on any atom is 0.220 e. The number of piperazine rings is 1. The molecule has 3 aromatic rings. The molecule has 0 radical (unpaired) electrons. The van der Waals surface area contributed by atoms with Gasteiger partial charge in [-0.15, -0.1) is 0 Å². The number of aromatic nitrogens is 5. The van der Waals surface area contributed by atoms with E-state index in [1.165, 1.54) is 6.33 Å². The molecule has 1 aliphatic heterocycles. The highest BCUT2D eigenvalue weighted by atomic mass is 16.2. The molecule has 0 aliphatic carbocycles. The summed E-state index contributed by atoms with van der Waals surface area (Å²) in [5.74, 6) is 1.90. The van der Waals surface area contributed by atoms with Crippen LogP contribution >= 0.6 is 0 Å². The van der Waals surface area contributed by atoms with Crippen molar-refractivity contribution in [2.75, 3.05) is 29.0 Å². The predicted molar refractivity (Wildman–Crippen MR) is 125 cm³/mol. The molecule has 0 spiro atoms. The van der Waals surface area contributed by atoms with Crippen LogP contribution in [0.5, 0.6) is 0 Å². The van der Waals surface area contributed by atoms with Crippen LogP contribution in [0.2, 0.25) is 0 Å². The van der Waals surface area contributed by atoms with Crippen molar-refractivity contribution in [3.05, 3.63) is 35.5 Å². The Labute approximate surface area is 192 Å². The van der Waals surface area contributed by atoms with Crippen LogP contribution < -0.4 is 16.0 Å². The molecule has 1 amide bonds. The van der Waals surface area contributed by atoms with Gasteiger partial charge in [-0.2, -0.15) is 10.4 Å². The minimum atomic E-state index is -0.356. The molecule has 4 heterocycles. The van der Waals surface area contributed by atoms with Gasteiger partial charge in [0.25, 0.3) is 0 Å². The Bertz CT molecular complexity index is 1230. The summed E-state index contributed by atoms with van der Waals surface area (Å²) in [5.41, 5.74) is 8.01. The molecule has 11 nitrogen and oxygen atoms in total. The van der Waals surface area contributed by atoms with Gasteiger partial charge in [0, 0.05) is 38.3 Å². The first kappa shape index (κ1) is 22.3. The number of carbonyl (C=O) groups excluding carboxylic acids is 1. The summed E-state index contributed by atoms with van der Waals surface area (Å²) in [6.45, 7) is 11.0. The van der Waals surface area contributed by atoms with Gasteiger partial charge in [0.15, 0.2) is 11.6 Å². The number of anilines is 3. The molecule has 11 heteroatoms. The maximum absolute atomic E-state index is 12.1. The molecular weight excluding hydrogens is 420 g/mol. The SMILES string of the molecule is CC(=O)N1[C@H](C)CN(c2nc([C@H](C)Nc3ncnc(N)c3C#N)nn3ccc(C)c23)C[C@@H]1C. The van der Waals surface area contributed by atoms with E-state index in [1.54, 1.807) is 6.92 Å². The molecule has 4 rings (SSSR count). The second-order valence-electron chi connectivity index (χ2n) is 8.58. The van der Waals surface area contributed by atoms with E-state index in [0.29, 0.717) is 24.7 Å². The molecular formula is C22H28N10O. The van der Waals surface area contributed by atoms with Gasteiger partial charge in [-0.05, 0) is 39.3 Å². The highest BCUT2D eigenvalue weighted by molar-refractivity contribution is 5.76. The van der Waals surface area contributed by atoms with Crippen LogP contribution in [-0.4, -0.2) is 60.5 Å². The lowest BCUT2D eigenvalue weighted by molar-refractivity contribution is -0.133. The molecule has 3 aromatic heterocycles. The number of carbonyl (C=O) groups is 1. The number of nitriles is 1. The second kappa shape index (κ2) is 8.54.